The van der Waals surface area contributed by atoms with E-state index in [4.69, 9.17) is 9.47 Å². The first-order valence-corrected chi connectivity index (χ1v) is 16.0. The van der Waals surface area contributed by atoms with Crippen LogP contribution in [0.4, 0.5) is 5.69 Å². The summed E-state index contributed by atoms with van der Waals surface area (Å²) in [5, 5.41) is 18.4. The van der Waals surface area contributed by atoms with Gasteiger partial charge >= 0.3 is 0 Å². The molecule has 0 saturated heterocycles. The van der Waals surface area contributed by atoms with Crippen LogP contribution in [0.5, 0.6) is 11.5 Å². The number of rotatable bonds is 9. The first kappa shape index (κ1) is 30.2. The summed E-state index contributed by atoms with van der Waals surface area (Å²) in [6.45, 7) is 4.03. The van der Waals surface area contributed by atoms with Gasteiger partial charge in [0.25, 0.3) is 5.91 Å². The predicted octanol–water partition coefficient (Wildman–Crippen LogP) is 4.88. The number of aliphatic hydroxyl groups is 1. The van der Waals surface area contributed by atoms with E-state index in [0.717, 1.165) is 55.4 Å². The van der Waals surface area contributed by atoms with Crippen LogP contribution in [-0.4, -0.2) is 53.9 Å². The number of aliphatic hydroxyl groups excluding tert-OH is 1. The molecule has 3 aromatic rings. The smallest absolute Gasteiger partial charge is 0.263 e. The standard InChI is InChI=1S/C36H43N3O5/c1-3-25-15-16-32-27(19-25)29(21-36(44-32)17-9-10-18-36)37-22-31(41)28(20-26-11-5-4-6-12-26)38-35(42)34-23-39(24(2)40)30-13-7-8-14-33(30)43-34/h4-8,11-16,19,28-29,31,34,37,41H,3,9-10,17-18,20-23H2,1-2H3,(H,38,42)/t28-,29-,31+,34+/m0/s1. The van der Waals surface area contributed by atoms with Crippen LogP contribution in [0.15, 0.2) is 72.8 Å². The number of carbonyl (C=O) groups is 2. The molecule has 44 heavy (non-hydrogen) atoms. The Morgan fingerprint density at radius 3 is 2.50 bits per heavy atom. The average Bonchev–Trinajstić information content (AvgIpc) is 3.49. The van der Waals surface area contributed by atoms with E-state index in [9.17, 15) is 14.7 Å². The summed E-state index contributed by atoms with van der Waals surface area (Å²) >= 11 is 0. The summed E-state index contributed by atoms with van der Waals surface area (Å²) in [6.07, 6.45) is 4.87. The maximum atomic E-state index is 13.7. The van der Waals surface area contributed by atoms with Crippen molar-refractivity contribution >= 4 is 17.5 Å². The van der Waals surface area contributed by atoms with E-state index in [1.54, 1.807) is 11.0 Å². The third kappa shape index (κ3) is 6.47. The fraction of sp³-hybridized carbons (Fsp3) is 0.444. The lowest BCUT2D eigenvalue weighted by Gasteiger charge is -2.41. The summed E-state index contributed by atoms with van der Waals surface area (Å²) in [4.78, 5) is 27.7. The Labute approximate surface area is 259 Å². The van der Waals surface area contributed by atoms with E-state index in [0.29, 0.717) is 24.4 Å². The molecule has 1 aliphatic carbocycles. The number of nitrogens with zero attached hydrogens (tertiary/aromatic N) is 1. The van der Waals surface area contributed by atoms with Gasteiger partial charge < -0.3 is 30.1 Å². The number of carbonyl (C=O) groups excluding carboxylic acids is 2. The number of amides is 2. The van der Waals surface area contributed by atoms with Crippen molar-refractivity contribution < 1.29 is 24.2 Å². The lowest BCUT2D eigenvalue weighted by atomic mass is 9.85. The summed E-state index contributed by atoms with van der Waals surface area (Å²) in [5.74, 6) is 0.897. The second kappa shape index (κ2) is 13.0. The maximum absolute atomic E-state index is 13.7. The number of para-hydroxylation sites is 2. The van der Waals surface area contributed by atoms with Crippen molar-refractivity contribution in [3.63, 3.8) is 0 Å². The Bertz CT molecular complexity index is 1470. The van der Waals surface area contributed by atoms with Crippen LogP contribution in [0.25, 0.3) is 0 Å². The van der Waals surface area contributed by atoms with Gasteiger partial charge in [0.1, 0.15) is 17.1 Å². The molecule has 2 aliphatic heterocycles. The van der Waals surface area contributed by atoms with E-state index in [2.05, 4.69) is 35.8 Å². The van der Waals surface area contributed by atoms with Gasteiger partial charge in [-0.3, -0.25) is 9.59 Å². The number of nitrogens with one attached hydrogen (secondary N) is 2. The van der Waals surface area contributed by atoms with Gasteiger partial charge in [-0.2, -0.15) is 0 Å². The molecule has 2 heterocycles. The molecule has 1 spiro atoms. The highest BCUT2D eigenvalue weighted by Gasteiger charge is 2.43. The summed E-state index contributed by atoms with van der Waals surface area (Å²) < 4.78 is 12.7. The SMILES string of the molecule is CCc1ccc2c(c1)[C@@H](NC[C@@H](O)[C@H](Cc1ccccc1)NC(=O)[C@H]1CN(C(C)=O)c3ccccc3O1)CC1(CCCC1)O2. The topological polar surface area (TPSA) is 100 Å². The minimum atomic E-state index is -0.899. The molecule has 3 aromatic carbocycles. The Kier molecular flexibility index (Phi) is 8.91. The van der Waals surface area contributed by atoms with E-state index in [1.807, 2.05) is 48.5 Å². The second-order valence-corrected chi connectivity index (χ2v) is 12.5. The van der Waals surface area contributed by atoms with Gasteiger partial charge in [0.15, 0.2) is 6.10 Å². The van der Waals surface area contributed by atoms with Crippen LogP contribution >= 0.6 is 0 Å². The van der Waals surface area contributed by atoms with Gasteiger partial charge in [-0.05, 0) is 67.9 Å². The van der Waals surface area contributed by atoms with Crippen molar-refractivity contribution in [1.82, 2.24) is 10.6 Å². The van der Waals surface area contributed by atoms with Crippen LogP contribution in [0.1, 0.15) is 68.7 Å². The number of aryl methyl sites for hydroxylation is 1. The molecule has 232 valence electrons. The van der Waals surface area contributed by atoms with Crippen LogP contribution in [0.3, 0.4) is 0 Å². The Hall–Kier alpha value is -3.88. The number of hydrogen-bond donors (Lipinski definition) is 3. The molecule has 0 radical (unpaired) electrons. The molecular weight excluding hydrogens is 554 g/mol. The summed E-state index contributed by atoms with van der Waals surface area (Å²) in [7, 11) is 0. The number of anilines is 1. The van der Waals surface area contributed by atoms with Crippen LogP contribution in [-0.2, 0) is 22.4 Å². The van der Waals surface area contributed by atoms with Gasteiger partial charge in [-0.15, -0.1) is 0 Å². The Morgan fingerprint density at radius 2 is 1.75 bits per heavy atom. The first-order chi connectivity index (χ1) is 21.3. The Morgan fingerprint density at radius 1 is 1.00 bits per heavy atom. The zero-order valence-corrected chi connectivity index (χ0v) is 25.6. The Balaban J connectivity index is 1.19. The lowest BCUT2D eigenvalue weighted by molar-refractivity contribution is -0.129. The number of benzene rings is 3. The molecule has 0 aromatic heterocycles. The largest absolute Gasteiger partial charge is 0.487 e. The first-order valence-electron chi connectivity index (χ1n) is 16.0. The molecule has 0 unspecified atom stereocenters. The van der Waals surface area contributed by atoms with Gasteiger partial charge in [0, 0.05) is 31.5 Å². The predicted molar refractivity (Wildman–Crippen MR) is 170 cm³/mol. The zero-order chi connectivity index (χ0) is 30.7. The van der Waals surface area contributed by atoms with Crippen LogP contribution in [0.2, 0.25) is 0 Å². The molecule has 8 heteroatoms. The fourth-order valence-electron chi connectivity index (χ4n) is 6.95. The summed E-state index contributed by atoms with van der Waals surface area (Å²) in [5.41, 5.74) is 3.88. The van der Waals surface area contributed by atoms with Gasteiger partial charge in [-0.1, -0.05) is 61.5 Å². The molecule has 1 saturated carbocycles. The second-order valence-electron chi connectivity index (χ2n) is 12.5. The highest BCUT2D eigenvalue weighted by Crippen LogP contribution is 2.47. The van der Waals surface area contributed by atoms with Crippen molar-refractivity contribution in [3.8, 4) is 11.5 Å². The van der Waals surface area contributed by atoms with Crippen molar-refractivity contribution in [2.45, 2.75) is 88.7 Å². The third-order valence-corrected chi connectivity index (χ3v) is 9.39. The van der Waals surface area contributed by atoms with Crippen molar-refractivity contribution in [2.24, 2.45) is 0 Å². The highest BCUT2D eigenvalue weighted by atomic mass is 16.5. The molecular formula is C36H43N3O5. The van der Waals surface area contributed by atoms with Crippen molar-refractivity contribution in [3.05, 3.63) is 89.5 Å². The van der Waals surface area contributed by atoms with E-state index >= 15 is 0 Å². The monoisotopic (exact) mass is 597 g/mol. The van der Waals surface area contributed by atoms with E-state index in [1.165, 1.54) is 12.5 Å². The molecule has 4 atom stereocenters. The number of fused-ring (bicyclic) bond motifs is 2. The van der Waals surface area contributed by atoms with E-state index < -0.39 is 18.2 Å². The van der Waals surface area contributed by atoms with Crippen molar-refractivity contribution in [2.75, 3.05) is 18.0 Å². The van der Waals surface area contributed by atoms with Crippen molar-refractivity contribution in [1.29, 1.82) is 0 Å². The lowest BCUT2D eigenvalue weighted by Crippen LogP contribution is -2.56. The number of ether oxygens (including phenoxy) is 2. The highest BCUT2D eigenvalue weighted by molar-refractivity contribution is 5.96. The van der Waals surface area contributed by atoms with Gasteiger partial charge in [-0.25, -0.2) is 0 Å². The molecule has 8 nitrogen and oxygen atoms in total. The number of hydrogen-bond acceptors (Lipinski definition) is 6. The molecule has 3 N–H and O–H groups in total. The molecule has 6 rings (SSSR count). The zero-order valence-electron chi connectivity index (χ0n) is 25.6. The van der Waals surface area contributed by atoms with Gasteiger partial charge in [0.2, 0.25) is 5.91 Å². The van der Waals surface area contributed by atoms with Gasteiger partial charge in [0.05, 0.1) is 24.4 Å². The molecule has 1 fully saturated rings. The maximum Gasteiger partial charge on any atom is 0.263 e. The van der Waals surface area contributed by atoms with Crippen LogP contribution < -0.4 is 25.0 Å². The molecule has 0 bridgehead atoms. The fourth-order valence-corrected chi connectivity index (χ4v) is 6.95. The normalized spacial score (nSPS) is 21.4. The minimum Gasteiger partial charge on any atom is -0.487 e. The minimum absolute atomic E-state index is 0.0355. The third-order valence-electron chi connectivity index (χ3n) is 9.39. The van der Waals surface area contributed by atoms with E-state index in [-0.39, 0.29) is 30.0 Å². The summed E-state index contributed by atoms with van der Waals surface area (Å²) in [6, 6.07) is 23.0. The van der Waals surface area contributed by atoms with Crippen LogP contribution in [0, 0.1) is 0 Å². The molecule has 3 aliphatic rings. The quantitative estimate of drug-likeness (QED) is 0.325. The average molecular weight is 598 g/mol. The molecule has 2 amide bonds.